The fourth-order valence-electron chi connectivity index (χ4n) is 2.56. The molecule has 2 rings (SSSR count). The zero-order valence-electron chi connectivity index (χ0n) is 14.1. The van der Waals surface area contributed by atoms with Crippen LogP contribution in [0.1, 0.15) is 17.0 Å². The molecule has 0 amide bonds. The Labute approximate surface area is 137 Å². The second kappa shape index (κ2) is 7.13. The van der Waals surface area contributed by atoms with Gasteiger partial charge in [0, 0.05) is 44.5 Å². The van der Waals surface area contributed by atoms with Crippen LogP contribution in [0.25, 0.3) is 0 Å². The summed E-state index contributed by atoms with van der Waals surface area (Å²) in [6.45, 7) is -0.109. The second-order valence-corrected chi connectivity index (χ2v) is 6.04. The molecule has 5 heteroatoms. The van der Waals surface area contributed by atoms with Crippen LogP contribution in [0, 0.1) is 10.1 Å². The van der Waals surface area contributed by atoms with Crippen molar-refractivity contribution in [1.82, 2.24) is 0 Å². The molecule has 0 heterocycles. The number of anilines is 2. The molecule has 0 bridgehead atoms. The van der Waals surface area contributed by atoms with E-state index in [4.69, 9.17) is 0 Å². The highest BCUT2D eigenvalue weighted by Crippen LogP contribution is 2.28. The van der Waals surface area contributed by atoms with Crippen LogP contribution in [0.15, 0.2) is 48.5 Å². The maximum atomic E-state index is 11.1. The Balaban J connectivity index is 2.34. The molecule has 23 heavy (non-hydrogen) atoms. The van der Waals surface area contributed by atoms with Crippen LogP contribution in [0.2, 0.25) is 0 Å². The van der Waals surface area contributed by atoms with Crippen molar-refractivity contribution in [3.8, 4) is 0 Å². The molecule has 2 aromatic carbocycles. The summed E-state index contributed by atoms with van der Waals surface area (Å²) in [5.74, 6) is -0.238. The third-order valence-corrected chi connectivity index (χ3v) is 3.96. The van der Waals surface area contributed by atoms with Crippen molar-refractivity contribution < 1.29 is 4.92 Å². The molecule has 0 aromatic heterocycles. The SMILES string of the molecule is CN(C)c1ccc(C(C[N+](=O)[O-])c2ccc(N(C)C)cc2)cc1. The Bertz CT molecular complexity index is 597. The summed E-state index contributed by atoms with van der Waals surface area (Å²) >= 11 is 0. The first-order chi connectivity index (χ1) is 10.9. The van der Waals surface area contributed by atoms with Crippen LogP contribution in [0.3, 0.4) is 0 Å². The molecular formula is C18H23N3O2. The summed E-state index contributed by atoms with van der Waals surface area (Å²) in [4.78, 5) is 14.9. The van der Waals surface area contributed by atoms with Gasteiger partial charge in [-0.1, -0.05) is 24.3 Å². The van der Waals surface area contributed by atoms with Gasteiger partial charge in [0.15, 0.2) is 0 Å². The summed E-state index contributed by atoms with van der Waals surface area (Å²) < 4.78 is 0. The Kier molecular flexibility index (Phi) is 5.21. The fourth-order valence-corrected chi connectivity index (χ4v) is 2.56. The van der Waals surface area contributed by atoms with Crippen molar-refractivity contribution in [2.24, 2.45) is 0 Å². The minimum Gasteiger partial charge on any atom is -0.378 e. The van der Waals surface area contributed by atoms with Gasteiger partial charge in [-0.25, -0.2) is 0 Å². The molecule has 0 atom stereocenters. The topological polar surface area (TPSA) is 49.6 Å². The molecule has 0 radical (unpaired) electrons. The van der Waals surface area contributed by atoms with Crippen molar-refractivity contribution in [2.75, 3.05) is 44.5 Å². The largest absolute Gasteiger partial charge is 0.378 e. The average Bonchev–Trinajstić information content (AvgIpc) is 2.52. The minimum atomic E-state index is -0.246. The lowest BCUT2D eigenvalue weighted by Gasteiger charge is -2.18. The molecular weight excluding hydrogens is 290 g/mol. The van der Waals surface area contributed by atoms with E-state index >= 15 is 0 Å². The predicted molar refractivity (Wildman–Crippen MR) is 95.2 cm³/mol. The maximum absolute atomic E-state index is 11.1. The minimum absolute atomic E-state index is 0.109. The second-order valence-electron chi connectivity index (χ2n) is 6.04. The number of nitro groups is 1. The third kappa shape index (κ3) is 4.22. The van der Waals surface area contributed by atoms with E-state index in [0.717, 1.165) is 22.5 Å². The molecule has 0 fully saturated rings. The number of hydrogen-bond donors (Lipinski definition) is 0. The number of rotatable bonds is 6. The van der Waals surface area contributed by atoms with Crippen LogP contribution < -0.4 is 9.80 Å². The van der Waals surface area contributed by atoms with Gasteiger partial charge in [0.05, 0.1) is 5.92 Å². The zero-order valence-corrected chi connectivity index (χ0v) is 14.1. The molecule has 0 unspecified atom stereocenters. The lowest BCUT2D eigenvalue weighted by atomic mass is 9.91. The predicted octanol–water partition coefficient (Wildman–Crippen LogP) is 3.23. The molecule has 5 nitrogen and oxygen atoms in total. The Hall–Kier alpha value is -2.56. The summed E-state index contributed by atoms with van der Waals surface area (Å²) in [5, 5.41) is 11.1. The lowest BCUT2D eigenvalue weighted by Crippen LogP contribution is -2.15. The maximum Gasteiger partial charge on any atom is 0.214 e. The Morgan fingerprint density at radius 2 is 1.17 bits per heavy atom. The molecule has 122 valence electrons. The zero-order chi connectivity index (χ0) is 17.0. The number of benzene rings is 2. The van der Waals surface area contributed by atoms with E-state index in [1.165, 1.54) is 0 Å². The van der Waals surface area contributed by atoms with Gasteiger partial charge in [-0.05, 0) is 35.4 Å². The monoisotopic (exact) mass is 313 g/mol. The van der Waals surface area contributed by atoms with Gasteiger partial charge in [0.1, 0.15) is 0 Å². The van der Waals surface area contributed by atoms with E-state index in [2.05, 4.69) is 0 Å². The van der Waals surface area contributed by atoms with Crippen molar-refractivity contribution in [2.45, 2.75) is 5.92 Å². The number of hydrogen-bond acceptors (Lipinski definition) is 4. The molecule has 0 saturated heterocycles. The molecule has 2 aromatic rings. The molecule has 0 aliphatic rings. The number of nitrogens with zero attached hydrogens (tertiary/aromatic N) is 3. The highest BCUT2D eigenvalue weighted by molar-refractivity contribution is 5.50. The van der Waals surface area contributed by atoms with Gasteiger partial charge in [-0.2, -0.15) is 0 Å². The van der Waals surface area contributed by atoms with Gasteiger partial charge in [0.2, 0.25) is 6.54 Å². The Morgan fingerprint density at radius 3 is 1.43 bits per heavy atom. The van der Waals surface area contributed by atoms with Crippen LogP contribution in [-0.4, -0.2) is 39.7 Å². The van der Waals surface area contributed by atoms with Crippen molar-refractivity contribution in [3.63, 3.8) is 0 Å². The first-order valence-electron chi connectivity index (χ1n) is 7.55. The Morgan fingerprint density at radius 1 is 0.826 bits per heavy atom. The molecule has 0 aliphatic heterocycles. The summed E-state index contributed by atoms with van der Waals surface area (Å²) in [6.07, 6.45) is 0. The highest BCUT2D eigenvalue weighted by atomic mass is 16.6. The van der Waals surface area contributed by atoms with Crippen LogP contribution in [0.5, 0.6) is 0 Å². The van der Waals surface area contributed by atoms with E-state index in [0.29, 0.717) is 0 Å². The first-order valence-corrected chi connectivity index (χ1v) is 7.55. The quantitative estimate of drug-likeness (QED) is 0.607. The first kappa shape index (κ1) is 16.8. The van der Waals surface area contributed by atoms with E-state index in [1.807, 2.05) is 86.5 Å². The highest BCUT2D eigenvalue weighted by Gasteiger charge is 2.20. The molecule has 0 aliphatic carbocycles. The van der Waals surface area contributed by atoms with Crippen molar-refractivity contribution in [1.29, 1.82) is 0 Å². The van der Waals surface area contributed by atoms with Crippen LogP contribution in [0.4, 0.5) is 11.4 Å². The summed E-state index contributed by atoms with van der Waals surface area (Å²) in [6, 6.07) is 15.9. The van der Waals surface area contributed by atoms with Crippen LogP contribution >= 0.6 is 0 Å². The standard InChI is InChI=1S/C18H23N3O2/c1-19(2)16-9-5-14(6-10-16)18(13-21(22)23)15-7-11-17(12-8-15)20(3)4/h5-12,18H,13H2,1-4H3. The van der Waals surface area contributed by atoms with Gasteiger partial charge in [-0.15, -0.1) is 0 Å². The normalized spacial score (nSPS) is 10.7. The molecule has 0 N–H and O–H groups in total. The summed E-state index contributed by atoms with van der Waals surface area (Å²) in [5.41, 5.74) is 4.09. The average molecular weight is 313 g/mol. The molecule has 0 saturated carbocycles. The van der Waals surface area contributed by atoms with E-state index in [9.17, 15) is 10.1 Å². The van der Waals surface area contributed by atoms with Crippen molar-refractivity contribution >= 4 is 11.4 Å². The van der Waals surface area contributed by atoms with E-state index in [-0.39, 0.29) is 17.4 Å². The van der Waals surface area contributed by atoms with Gasteiger partial charge in [0.25, 0.3) is 0 Å². The van der Waals surface area contributed by atoms with Gasteiger partial charge in [-0.3, -0.25) is 10.1 Å². The van der Waals surface area contributed by atoms with E-state index in [1.54, 1.807) is 0 Å². The lowest BCUT2D eigenvalue weighted by molar-refractivity contribution is -0.481. The van der Waals surface area contributed by atoms with Crippen molar-refractivity contribution in [3.05, 3.63) is 69.8 Å². The van der Waals surface area contributed by atoms with Gasteiger partial charge >= 0.3 is 0 Å². The van der Waals surface area contributed by atoms with E-state index < -0.39 is 0 Å². The summed E-state index contributed by atoms with van der Waals surface area (Å²) in [7, 11) is 7.90. The van der Waals surface area contributed by atoms with Gasteiger partial charge < -0.3 is 9.80 Å². The smallest absolute Gasteiger partial charge is 0.214 e. The van der Waals surface area contributed by atoms with Crippen LogP contribution in [-0.2, 0) is 0 Å². The fraction of sp³-hybridized carbons (Fsp3) is 0.333. The molecule has 0 spiro atoms. The third-order valence-electron chi connectivity index (χ3n) is 3.96.